The highest BCUT2D eigenvalue weighted by molar-refractivity contribution is 5.76. The predicted octanol–water partition coefficient (Wildman–Crippen LogP) is 2.45. The Morgan fingerprint density at radius 1 is 1.20 bits per heavy atom. The van der Waals surface area contributed by atoms with Gasteiger partial charge in [-0.2, -0.15) is 5.10 Å². The van der Waals surface area contributed by atoms with Gasteiger partial charge in [0.05, 0.1) is 6.20 Å². The third-order valence-corrected chi connectivity index (χ3v) is 4.34. The van der Waals surface area contributed by atoms with Crippen molar-refractivity contribution in [2.24, 2.45) is 0 Å². The van der Waals surface area contributed by atoms with Gasteiger partial charge in [-0.1, -0.05) is 13.0 Å². The van der Waals surface area contributed by atoms with Gasteiger partial charge in [-0.25, -0.2) is 19.2 Å². The Labute approximate surface area is 144 Å². The van der Waals surface area contributed by atoms with Crippen LogP contribution in [0.3, 0.4) is 0 Å². The van der Waals surface area contributed by atoms with Crippen LogP contribution in [0.2, 0.25) is 0 Å². The lowest BCUT2D eigenvalue weighted by Crippen LogP contribution is -2.21. The first-order valence-electron chi connectivity index (χ1n) is 8.16. The smallest absolute Gasteiger partial charge is 0.276 e. The summed E-state index contributed by atoms with van der Waals surface area (Å²) in [6.07, 6.45) is 7.88. The molecule has 0 amide bonds. The van der Waals surface area contributed by atoms with E-state index in [9.17, 15) is 4.79 Å². The number of nitrogens with one attached hydrogen (secondary N) is 1. The molecule has 0 saturated carbocycles. The molecule has 0 spiro atoms. The van der Waals surface area contributed by atoms with Crippen molar-refractivity contribution in [3.05, 3.63) is 64.1 Å². The first-order valence-corrected chi connectivity index (χ1v) is 8.16. The molecule has 1 N–H and O–H groups in total. The number of aryl methyl sites for hydroxylation is 2. The lowest BCUT2D eigenvalue weighted by molar-refractivity contribution is 0.845. The van der Waals surface area contributed by atoms with Gasteiger partial charge in [0.25, 0.3) is 5.56 Å². The zero-order valence-electron chi connectivity index (χ0n) is 14.3. The predicted molar refractivity (Wildman–Crippen MR) is 95.0 cm³/mol. The van der Waals surface area contributed by atoms with Gasteiger partial charge in [-0.15, -0.1) is 0 Å². The average Bonchev–Trinajstić information content (AvgIpc) is 3.22. The van der Waals surface area contributed by atoms with Crippen LogP contribution in [-0.4, -0.2) is 29.4 Å². The highest BCUT2D eigenvalue weighted by Crippen LogP contribution is 2.23. The molecule has 0 aliphatic rings. The van der Waals surface area contributed by atoms with Gasteiger partial charge < -0.3 is 0 Å². The zero-order valence-corrected chi connectivity index (χ0v) is 14.3. The molecule has 0 fully saturated rings. The molecule has 126 valence electrons. The molecule has 0 unspecified atom stereocenters. The van der Waals surface area contributed by atoms with Gasteiger partial charge in [0, 0.05) is 41.0 Å². The molecule has 0 aromatic carbocycles. The van der Waals surface area contributed by atoms with Crippen LogP contribution in [-0.2, 0) is 6.42 Å². The normalized spacial score (nSPS) is 11.3. The summed E-state index contributed by atoms with van der Waals surface area (Å²) in [5.74, 6) is 0.742. The number of fused-ring (bicyclic) bond motifs is 1. The Hall–Kier alpha value is -3.22. The van der Waals surface area contributed by atoms with Crippen molar-refractivity contribution in [3.63, 3.8) is 0 Å². The summed E-state index contributed by atoms with van der Waals surface area (Å²) >= 11 is 0. The van der Waals surface area contributed by atoms with E-state index in [0.717, 1.165) is 33.8 Å². The molecule has 4 heterocycles. The van der Waals surface area contributed by atoms with E-state index in [2.05, 4.69) is 20.2 Å². The van der Waals surface area contributed by atoms with Gasteiger partial charge in [0.2, 0.25) is 0 Å². The Kier molecular flexibility index (Phi) is 3.49. The van der Waals surface area contributed by atoms with E-state index in [0.29, 0.717) is 12.1 Å². The average molecular weight is 334 g/mol. The van der Waals surface area contributed by atoms with Crippen molar-refractivity contribution in [2.75, 3.05) is 0 Å². The van der Waals surface area contributed by atoms with E-state index in [1.165, 1.54) is 4.52 Å². The third-order valence-electron chi connectivity index (χ3n) is 4.34. The van der Waals surface area contributed by atoms with Gasteiger partial charge in [0.1, 0.15) is 0 Å². The molecule has 4 aromatic heterocycles. The van der Waals surface area contributed by atoms with Crippen LogP contribution in [0.5, 0.6) is 0 Å². The maximum Gasteiger partial charge on any atom is 0.276 e. The topological polar surface area (TPSA) is 80.9 Å². The van der Waals surface area contributed by atoms with Crippen LogP contribution in [0.1, 0.15) is 23.7 Å². The van der Waals surface area contributed by atoms with Crippen molar-refractivity contribution in [2.45, 2.75) is 27.2 Å². The minimum Gasteiger partial charge on any atom is -0.296 e. The molecule has 0 bridgehead atoms. The van der Waals surface area contributed by atoms with Crippen molar-refractivity contribution in [1.29, 1.82) is 0 Å². The van der Waals surface area contributed by atoms with Crippen LogP contribution in [0, 0.1) is 13.8 Å². The van der Waals surface area contributed by atoms with Gasteiger partial charge >= 0.3 is 0 Å². The molecule has 25 heavy (non-hydrogen) atoms. The van der Waals surface area contributed by atoms with E-state index in [1.807, 2.05) is 39.1 Å². The summed E-state index contributed by atoms with van der Waals surface area (Å²) in [6, 6.07) is 3.91. The summed E-state index contributed by atoms with van der Waals surface area (Å²) in [5.41, 5.74) is 4.85. The molecular weight excluding hydrogens is 316 g/mol. The van der Waals surface area contributed by atoms with Crippen LogP contribution >= 0.6 is 0 Å². The highest BCUT2D eigenvalue weighted by atomic mass is 16.1. The third kappa shape index (κ3) is 2.44. The minimum atomic E-state index is -0.0520. The monoisotopic (exact) mass is 334 g/mol. The summed E-state index contributed by atoms with van der Waals surface area (Å²) < 4.78 is 3.20. The first-order chi connectivity index (χ1) is 12.1. The Morgan fingerprint density at radius 3 is 2.76 bits per heavy atom. The molecule has 4 rings (SSSR count). The molecule has 7 heteroatoms. The quantitative estimate of drug-likeness (QED) is 0.624. The van der Waals surface area contributed by atoms with E-state index >= 15 is 0 Å². The number of rotatable bonds is 3. The van der Waals surface area contributed by atoms with Crippen molar-refractivity contribution >= 4 is 5.65 Å². The fraction of sp³-hybridized carbons (Fsp3) is 0.222. The Bertz CT molecular complexity index is 1120. The minimum absolute atomic E-state index is 0.0520. The lowest BCUT2D eigenvalue weighted by atomic mass is 10.1. The molecule has 7 nitrogen and oxygen atoms in total. The van der Waals surface area contributed by atoms with E-state index in [4.69, 9.17) is 0 Å². The molecule has 0 atom stereocenters. The maximum absolute atomic E-state index is 12.5. The zero-order chi connectivity index (χ0) is 17.6. The van der Waals surface area contributed by atoms with Crippen LogP contribution in [0.25, 0.3) is 22.6 Å². The second-order valence-corrected chi connectivity index (χ2v) is 6.05. The number of pyridine rings is 1. The Balaban J connectivity index is 1.83. The van der Waals surface area contributed by atoms with E-state index in [-0.39, 0.29) is 5.56 Å². The van der Waals surface area contributed by atoms with Crippen LogP contribution < -0.4 is 5.56 Å². The molecule has 0 radical (unpaired) electrons. The first kappa shape index (κ1) is 15.3. The highest BCUT2D eigenvalue weighted by Gasteiger charge is 2.15. The summed E-state index contributed by atoms with van der Waals surface area (Å²) in [7, 11) is 0. The van der Waals surface area contributed by atoms with Gasteiger partial charge in [-0.3, -0.25) is 9.89 Å². The van der Waals surface area contributed by atoms with E-state index < -0.39 is 0 Å². The second-order valence-electron chi connectivity index (χ2n) is 6.05. The van der Waals surface area contributed by atoms with Crippen molar-refractivity contribution in [3.8, 4) is 16.9 Å². The molecule has 0 aliphatic carbocycles. The molecular formula is C18H18N6O. The maximum atomic E-state index is 12.5. The largest absolute Gasteiger partial charge is 0.296 e. The number of aromatic nitrogens is 6. The van der Waals surface area contributed by atoms with Crippen molar-refractivity contribution in [1.82, 2.24) is 29.4 Å². The summed E-state index contributed by atoms with van der Waals surface area (Å²) in [5, 5.41) is 7.38. The number of H-pyrrole nitrogens is 1. The fourth-order valence-electron chi connectivity index (χ4n) is 2.96. The lowest BCUT2D eigenvalue weighted by Gasteiger charge is -2.03. The van der Waals surface area contributed by atoms with Gasteiger partial charge in [-0.05, 0) is 31.9 Å². The van der Waals surface area contributed by atoms with Crippen LogP contribution in [0.15, 0.2) is 41.7 Å². The van der Waals surface area contributed by atoms with Crippen molar-refractivity contribution < 1.29 is 0 Å². The number of nitrogens with zero attached hydrogens (tertiary/aromatic N) is 5. The SMILES string of the molecule is CCc1c(C)nc2c(-c3cnn(-c4ccc(C)cn4)c3)c[nH]n2c1=O. The Morgan fingerprint density at radius 2 is 2.04 bits per heavy atom. The molecule has 0 aliphatic heterocycles. The molecule has 4 aromatic rings. The molecule has 0 saturated heterocycles. The number of hydrogen-bond donors (Lipinski definition) is 1. The van der Waals surface area contributed by atoms with Crippen LogP contribution in [0.4, 0.5) is 0 Å². The van der Waals surface area contributed by atoms with Gasteiger partial charge in [0.15, 0.2) is 11.5 Å². The second kappa shape index (κ2) is 5.70. The number of aromatic amines is 1. The standard InChI is InChI=1S/C18H18N6O/c1-4-14-12(3)22-17-15(9-21-24(17)18(14)25)13-8-20-23(10-13)16-6-5-11(2)7-19-16/h5-10,21H,4H2,1-3H3. The summed E-state index contributed by atoms with van der Waals surface area (Å²) in [6.45, 7) is 5.82. The fourth-order valence-corrected chi connectivity index (χ4v) is 2.96. The number of hydrogen-bond acceptors (Lipinski definition) is 4. The van der Waals surface area contributed by atoms with E-state index in [1.54, 1.807) is 23.3 Å². The summed E-state index contributed by atoms with van der Waals surface area (Å²) in [4.78, 5) is 21.5.